The van der Waals surface area contributed by atoms with Crippen molar-refractivity contribution in [2.24, 2.45) is 0 Å². The number of aryl methyl sites for hydroxylation is 1. The Morgan fingerprint density at radius 2 is 2.11 bits per heavy atom. The van der Waals surface area contributed by atoms with Gasteiger partial charge in [-0.15, -0.1) is 0 Å². The Bertz CT molecular complexity index is 647. The maximum absolute atomic E-state index is 13.3. The summed E-state index contributed by atoms with van der Waals surface area (Å²) in [6.45, 7) is 1.67. The van der Waals surface area contributed by atoms with Crippen LogP contribution < -0.4 is 5.32 Å². The second-order valence-corrected chi connectivity index (χ2v) is 4.30. The Morgan fingerprint density at radius 1 is 1.37 bits per heavy atom. The van der Waals surface area contributed by atoms with Gasteiger partial charge in [0.25, 0.3) is 0 Å². The SMILES string of the molecule is Cc1nc(C(=O)O)ccc1Nc1ccc(Cl)c(F)c1. The van der Waals surface area contributed by atoms with E-state index in [2.05, 4.69) is 10.3 Å². The highest BCUT2D eigenvalue weighted by atomic mass is 35.5. The lowest BCUT2D eigenvalue weighted by atomic mass is 10.2. The summed E-state index contributed by atoms with van der Waals surface area (Å²) in [6.07, 6.45) is 0. The van der Waals surface area contributed by atoms with Crippen molar-refractivity contribution in [2.45, 2.75) is 6.92 Å². The van der Waals surface area contributed by atoms with Gasteiger partial charge in [0.2, 0.25) is 0 Å². The summed E-state index contributed by atoms with van der Waals surface area (Å²) >= 11 is 5.59. The number of benzene rings is 1. The molecule has 2 N–H and O–H groups in total. The molecule has 0 saturated carbocycles. The van der Waals surface area contributed by atoms with Crippen LogP contribution in [0.1, 0.15) is 16.2 Å². The summed E-state index contributed by atoms with van der Waals surface area (Å²) in [5.74, 6) is -1.62. The lowest BCUT2D eigenvalue weighted by Gasteiger charge is -2.09. The fourth-order valence-corrected chi connectivity index (χ4v) is 1.66. The highest BCUT2D eigenvalue weighted by Gasteiger charge is 2.08. The van der Waals surface area contributed by atoms with Crippen LogP contribution in [0, 0.1) is 12.7 Å². The van der Waals surface area contributed by atoms with E-state index in [0.29, 0.717) is 17.1 Å². The number of rotatable bonds is 3. The molecule has 1 heterocycles. The van der Waals surface area contributed by atoms with Crippen molar-refractivity contribution in [2.75, 3.05) is 5.32 Å². The van der Waals surface area contributed by atoms with Crippen LogP contribution in [-0.4, -0.2) is 16.1 Å². The van der Waals surface area contributed by atoms with Crippen molar-refractivity contribution in [1.82, 2.24) is 4.98 Å². The van der Waals surface area contributed by atoms with E-state index < -0.39 is 11.8 Å². The molecular weight excluding hydrogens is 271 g/mol. The minimum atomic E-state index is -1.09. The van der Waals surface area contributed by atoms with Crippen LogP contribution in [0.15, 0.2) is 30.3 Å². The largest absolute Gasteiger partial charge is 0.477 e. The molecule has 0 atom stereocenters. The van der Waals surface area contributed by atoms with Gasteiger partial charge in [0, 0.05) is 5.69 Å². The first kappa shape index (κ1) is 13.3. The van der Waals surface area contributed by atoms with Gasteiger partial charge in [-0.25, -0.2) is 14.2 Å². The van der Waals surface area contributed by atoms with Gasteiger partial charge in [-0.2, -0.15) is 0 Å². The number of hydrogen-bond acceptors (Lipinski definition) is 3. The van der Waals surface area contributed by atoms with Gasteiger partial charge in [0.05, 0.1) is 16.4 Å². The van der Waals surface area contributed by atoms with Crippen molar-refractivity contribution >= 4 is 28.9 Å². The minimum absolute atomic E-state index is 0.0367. The van der Waals surface area contributed by atoms with Crippen molar-refractivity contribution in [3.63, 3.8) is 0 Å². The first-order valence-electron chi connectivity index (χ1n) is 5.40. The Kier molecular flexibility index (Phi) is 3.66. The zero-order valence-electron chi connectivity index (χ0n) is 9.95. The molecule has 4 nitrogen and oxygen atoms in total. The summed E-state index contributed by atoms with van der Waals surface area (Å²) < 4.78 is 13.3. The van der Waals surface area contributed by atoms with Crippen LogP contribution in [0.25, 0.3) is 0 Å². The van der Waals surface area contributed by atoms with E-state index in [1.807, 2.05) is 0 Å². The fourth-order valence-electron chi connectivity index (χ4n) is 1.54. The van der Waals surface area contributed by atoms with Crippen LogP contribution in [-0.2, 0) is 0 Å². The molecule has 6 heteroatoms. The number of carboxylic acid groups (broad SMARTS) is 1. The number of carbonyl (C=O) groups is 1. The number of halogens is 2. The highest BCUT2D eigenvalue weighted by molar-refractivity contribution is 6.30. The summed E-state index contributed by atoms with van der Waals surface area (Å²) in [4.78, 5) is 14.7. The predicted octanol–water partition coefficient (Wildman–Crippen LogP) is 3.62. The Hall–Kier alpha value is -2.14. The summed E-state index contributed by atoms with van der Waals surface area (Å²) in [5.41, 5.74) is 1.59. The zero-order chi connectivity index (χ0) is 14.0. The topological polar surface area (TPSA) is 62.2 Å². The molecule has 0 bridgehead atoms. The fraction of sp³-hybridized carbons (Fsp3) is 0.0769. The van der Waals surface area contributed by atoms with Crippen LogP contribution >= 0.6 is 11.6 Å². The van der Waals surface area contributed by atoms with E-state index in [1.54, 1.807) is 19.1 Å². The standard InChI is InChI=1S/C13H10ClFN2O2/c1-7-11(4-5-12(16-7)13(18)19)17-8-2-3-9(14)10(15)6-8/h2-6,17H,1H3,(H,18,19). The number of nitrogens with one attached hydrogen (secondary N) is 1. The lowest BCUT2D eigenvalue weighted by molar-refractivity contribution is 0.0690. The third-order valence-electron chi connectivity index (χ3n) is 2.50. The van der Waals surface area contributed by atoms with Crippen LogP contribution in [0.5, 0.6) is 0 Å². The molecule has 0 radical (unpaired) electrons. The number of pyridine rings is 1. The van der Waals surface area contributed by atoms with E-state index in [-0.39, 0.29) is 10.7 Å². The zero-order valence-corrected chi connectivity index (χ0v) is 10.7. The maximum Gasteiger partial charge on any atom is 0.354 e. The van der Waals surface area contributed by atoms with Crippen LogP contribution in [0.3, 0.4) is 0 Å². The summed E-state index contributed by atoms with van der Waals surface area (Å²) in [7, 11) is 0. The van der Waals surface area contributed by atoms with Gasteiger partial charge in [-0.05, 0) is 37.3 Å². The smallest absolute Gasteiger partial charge is 0.354 e. The van der Waals surface area contributed by atoms with E-state index in [4.69, 9.17) is 16.7 Å². The highest BCUT2D eigenvalue weighted by Crippen LogP contribution is 2.23. The Morgan fingerprint density at radius 3 is 2.68 bits per heavy atom. The monoisotopic (exact) mass is 280 g/mol. The average Bonchev–Trinajstić information content (AvgIpc) is 2.36. The number of aromatic carboxylic acids is 1. The number of hydrogen-bond donors (Lipinski definition) is 2. The molecule has 1 aromatic heterocycles. The number of anilines is 2. The first-order chi connectivity index (χ1) is 8.97. The normalized spacial score (nSPS) is 10.3. The molecule has 0 unspecified atom stereocenters. The summed E-state index contributed by atoms with van der Waals surface area (Å²) in [5, 5.41) is 11.8. The molecule has 0 aliphatic rings. The van der Waals surface area contributed by atoms with Gasteiger partial charge >= 0.3 is 5.97 Å². The number of aromatic nitrogens is 1. The second-order valence-electron chi connectivity index (χ2n) is 3.89. The van der Waals surface area contributed by atoms with Gasteiger partial charge in [0.15, 0.2) is 0 Å². The van der Waals surface area contributed by atoms with Gasteiger partial charge in [-0.3, -0.25) is 0 Å². The van der Waals surface area contributed by atoms with E-state index in [0.717, 1.165) is 0 Å². The molecule has 0 amide bonds. The summed E-state index contributed by atoms with van der Waals surface area (Å²) in [6, 6.07) is 7.28. The average molecular weight is 281 g/mol. The second kappa shape index (κ2) is 5.24. The Balaban J connectivity index is 2.28. The molecule has 0 spiro atoms. The molecule has 2 rings (SSSR count). The van der Waals surface area contributed by atoms with E-state index in [9.17, 15) is 9.18 Å². The van der Waals surface area contributed by atoms with Crippen molar-refractivity contribution in [3.05, 3.63) is 52.6 Å². The van der Waals surface area contributed by atoms with Crippen molar-refractivity contribution in [3.8, 4) is 0 Å². The molecule has 0 saturated heterocycles. The molecule has 98 valence electrons. The Labute approximate surface area is 113 Å². The molecule has 0 aliphatic carbocycles. The molecule has 1 aromatic carbocycles. The number of nitrogens with zero attached hydrogens (tertiary/aromatic N) is 1. The van der Waals surface area contributed by atoms with Crippen molar-refractivity contribution in [1.29, 1.82) is 0 Å². The van der Waals surface area contributed by atoms with E-state index in [1.165, 1.54) is 18.2 Å². The van der Waals surface area contributed by atoms with Gasteiger partial charge < -0.3 is 10.4 Å². The first-order valence-corrected chi connectivity index (χ1v) is 5.78. The molecule has 2 aromatic rings. The maximum atomic E-state index is 13.3. The molecular formula is C13H10ClFN2O2. The minimum Gasteiger partial charge on any atom is -0.477 e. The predicted molar refractivity (Wildman–Crippen MR) is 70.6 cm³/mol. The van der Waals surface area contributed by atoms with Crippen LogP contribution in [0.4, 0.5) is 15.8 Å². The molecule has 0 fully saturated rings. The number of carboxylic acids is 1. The third-order valence-corrected chi connectivity index (χ3v) is 2.81. The van der Waals surface area contributed by atoms with Crippen molar-refractivity contribution < 1.29 is 14.3 Å². The van der Waals surface area contributed by atoms with E-state index >= 15 is 0 Å². The van der Waals surface area contributed by atoms with Crippen LogP contribution in [0.2, 0.25) is 5.02 Å². The molecule has 0 aliphatic heterocycles. The van der Waals surface area contributed by atoms with Gasteiger partial charge in [-0.1, -0.05) is 11.6 Å². The third kappa shape index (κ3) is 3.00. The lowest BCUT2D eigenvalue weighted by Crippen LogP contribution is -2.03. The van der Waals surface area contributed by atoms with Gasteiger partial charge in [0.1, 0.15) is 11.5 Å². The molecule has 19 heavy (non-hydrogen) atoms. The quantitative estimate of drug-likeness (QED) is 0.901.